The maximum Gasteiger partial charge on any atom is 0.191 e. The van der Waals surface area contributed by atoms with Gasteiger partial charge in [-0.15, -0.1) is 11.3 Å². The highest BCUT2D eigenvalue weighted by molar-refractivity contribution is 7.10. The van der Waals surface area contributed by atoms with E-state index in [2.05, 4.69) is 28.3 Å². The van der Waals surface area contributed by atoms with Crippen molar-refractivity contribution in [3.05, 3.63) is 21.9 Å². The van der Waals surface area contributed by atoms with Gasteiger partial charge in [0.05, 0.1) is 6.54 Å². The maximum absolute atomic E-state index is 6.05. The van der Waals surface area contributed by atoms with E-state index in [1.54, 1.807) is 11.3 Å². The molecule has 3 nitrogen and oxygen atoms in total. The fraction of sp³-hybridized carbons (Fsp3) is 0.615. The van der Waals surface area contributed by atoms with Crippen LogP contribution in [-0.2, 0) is 6.54 Å². The van der Waals surface area contributed by atoms with Crippen LogP contribution in [0, 0.1) is 6.92 Å². The first-order chi connectivity index (χ1) is 8.25. The van der Waals surface area contributed by atoms with E-state index in [1.807, 2.05) is 0 Å². The highest BCUT2D eigenvalue weighted by Gasteiger charge is 2.10. The molecule has 2 N–H and O–H groups in total. The normalized spacial score (nSPS) is 18.2. The summed E-state index contributed by atoms with van der Waals surface area (Å²) in [6, 6.07) is 2.18. The van der Waals surface area contributed by atoms with Crippen LogP contribution in [0.3, 0.4) is 0 Å². The predicted octanol–water partition coefficient (Wildman–Crippen LogP) is 2.75. The molecule has 2 rings (SSSR count). The van der Waals surface area contributed by atoms with Crippen molar-refractivity contribution >= 4 is 17.3 Å². The summed E-state index contributed by atoms with van der Waals surface area (Å²) in [5.74, 6) is 0.720. The molecule has 2 heterocycles. The molecule has 17 heavy (non-hydrogen) atoms. The van der Waals surface area contributed by atoms with Gasteiger partial charge in [-0.25, -0.2) is 4.99 Å². The number of rotatable bonds is 2. The molecule has 0 radical (unpaired) electrons. The van der Waals surface area contributed by atoms with Crippen LogP contribution in [0.4, 0.5) is 0 Å². The summed E-state index contributed by atoms with van der Waals surface area (Å²) in [5, 5.41) is 2.16. The molecule has 0 unspecified atom stereocenters. The molecule has 1 aliphatic rings. The first-order valence-electron chi connectivity index (χ1n) is 6.34. The number of aliphatic imine (C=N–C) groups is 1. The molecule has 4 heteroatoms. The molecule has 1 aromatic rings. The zero-order valence-electron chi connectivity index (χ0n) is 10.5. The molecule has 1 aromatic heterocycles. The van der Waals surface area contributed by atoms with E-state index in [-0.39, 0.29) is 0 Å². The van der Waals surface area contributed by atoms with Gasteiger partial charge in [0, 0.05) is 18.0 Å². The zero-order valence-corrected chi connectivity index (χ0v) is 11.3. The third-order valence-electron chi connectivity index (χ3n) is 3.11. The molecule has 1 fully saturated rings. The molecule has 94 valence electrons. The van der Waals surface area contributed by atoms with Gasteiger partial charge in [-0.2, -0.15) is 0 Å². The number of likely N-dealkylation sites (tertiary alicyclic amines) is 1. The van der Waals surface area contributed by atoms with Crippen LogP contribution in [0.1, 0.15) is 36.1 Å². The number of guanidine groups is 1. The Kier molecular flexibility index (Phi) is 4.42. The van der Waals surface area contributed by atoms with Crippen molar-refractivity contribution in [3.8, 4) is 0 Å². The number of nitrogens with zero attached hydrogens (tertiary/aromatic N) is 2. The van der Waals surface area contributed by atoms with Gasteiger partial charge in [0.25, 0.3) is 0 Å². The summed E-state index contributed by atoms with van der Waals surface area (Å²) in [4.78, 5) is 8.03. The first-order valence-corrected chi connectivity index (χ1v) is 7.22. The van der Waals surface area contributed by atoms with Gasteiger partial charge >= 0.3 is 0 Å². The fourth-order valence-electron chi connectivity index (χ4n) is 2.13. The van der Waals surface area contributed by atoms with Gasteiger partial charge in [-0.05, 0) is 36.8 Å². The van der Waals surface area contributed by atoms with Crippen molar-refractivity contribution in [2.75, 3.05) is 13.1 Å². The van der Waals surface area contributed by atoms with Crippen LogP contribution in [0.5, 0.6) is 0 Å². The van der Waals surface area contributed by atoms with E-state index < -0.39 is 0 Å². The second kappa shape index (κ2) is 6.05. The van der Waals surface area contributed by atoms with E-state index in [9.17, 15) is 0 Å². The first kappa shape index (κ1) is 12.4. The van der Waals surface area contributed by atoms with E-state index in [1.165, 1.54) is 36.1 Å². The quantitative estimate of drug-likeness (QED) is 0.648. The zero-order chi connectivity index (χ0) is 12.1. The number of thiophene rings is 1. The Morgan fingerprint density at radius 1 is 1.35 bits per heavy atom. The van der Waals surface area contributed by atoms with Gasteiger partial charge in [0.15, 0.2) is 5.96 Å². The molecular weight excluding hydrogens is 230 g/mol. The Bertz CT molecular complexity index is 376. The standard InChI is InChI=1S/C13H21N3S/c1-11-8-12(17-10-11)9-15-13(14)16-6-4-2-3-5-7-16/h8,10H,2-7,9H2,1H3,(H2,14,15). The van der Waals surface area contributed by atoms with Gasteiger partial charge in [0.1, 0.15) is 0 Å². The summed E-state index contributed by atoms with van der Waals surface area (Å²) in [7, 11) is 0. The topological polar surface area (TPSA) is 41.6 Å². The Morgan fingerprint density at radius 2 is 2.06 bits per heavy atom. The van der Waals surface area contributed by atoms with Gasteiger partial charge in [-0.3, -0.25) is 0 Å². The molecule has 0 saturated carbocycles. The van der Waals surface area contributed by atoms with Gasteiger partial charge in [-0.1, -0.05) is 12.8 Å². The van der Waals surface area contributed by atoms with Crippen molar-refractivity contribution < 1.29 is 0 Å². The third-order valence-corrected chi connectivity index (χ3v) is 4.15. The molecule has 0 amide bonds. The van der Waals surface area contributed by atoms with Crippen LogP contribution in [0.15, 0.2) is 16.4 Å². The largest absolute Gasteiger partial charge is 0.370 e. The summed E-state index contributed by atoms with van der Waals surface area (Å²) in [5.41, 5.74) is 7.37. The summed E-state index contributed by atoms with van der Waals surface area (Å²) >= 11 is 1.76. The Balaban J connectivity index is 1.91. The van der Waals surface area contributed by atoms with E-state index >= 15 is 0 Å². The van der Waals surface area contributed by atoms with Crippen LogP contribution in [0.2, 0.25) is 0 Å². The molecule has 0 bridgehead atoms. The van der Waals surface area contributed by atoms with Gasteiger partial charge < -0.3 is 10.6 Å². The molecule has 0 aromatic carbocycles. The molecule has 0 aliphatic carbocycles. The van der Waals surface area contributed by atoms with E-state index in [4.69, 9.17) is 5.73 Å². The summed E-state index contributed by atoms with van der Waals surface area (Å²) < 4.78 is 0. The average molecular weight is 251 g/mol. The van der Waals surface area contributed by atoms with Crippen LogP contribution >= 0.6 is 11.3 Å². The number of nitrogens with two attached hydrogens (primary N) is 1. The van der Waals surface area contributed by atoms with Crippen molar-refractivity contribution in [1.29, 1.82) is 0 Å². The van der Waals surface area contributed by atoms with Crippen LogP contribution in [-0.4, -0.2) is 23.9 Å². The lowest BCUT2D eigenvalue weighted by Gasteiger charge is -2.20. The Morgan fingerprint density at radius 3 is 2.65 bits per heavy atom. The van der Waals surface area contributed by atoms with Crippen molar-refractivity contribution in [1.82, 2.24) is 4.90 Å². The predicted molar refractivity (Wildman–Crippen MR) is 74.4 cm³/mol. The van der Waals surface area contributed by atoms with E-state index in [0.717, 1.165) is 25.6 Å². The summed E-state index contributed by atoms with van der Waals surface area (Å²) in [6.45, 7) is 4.97. The van der Waals surface area contributed by atoms with Crippen molar-refractivity contribution in [2.45, 2.75) is 39.2 Å². The maximum atomic E-state index is 6.05. The van der Waals surface area contributed by atoms with Crippen molar-refractivity contribution in [2.24, 2.45) is 10.7 Å². The summed E-state index contributed by atoms with van der Waals surface area (Å²) in [6.07, 6.45) is 5.14. The highest BCUT2D eigenvalue weighted by atomic mass is 32.1. The smallest absolute Gasteiger partial charge is 0.191 e. The second-order valence-corrected chi connectivity index (χ2v) is 5.66. The third kappa shape index (κ3) is 3.73. The molecule has 1 aliphatic heterocycles. The van der Waals surface area contributed by atoms with Crippen LogP contribution in [0.25, 0.3) is 0 Å². The minimum absolute atomic E-state index is 0.720. The molecular formula is C13H21N3S. The lowest BCUT2D eigenvalue weighted by molar-refractivity contribution is 0.428. The minimum Gasteiger partial charge on any atom is -0.370 e. The molecule has 0 atom stereocenters. The SMILES string of the molecule is Cc1csc(CN=C(N)N2CCCCCC2)c1. The monoisotopic (exact) mass is 251 g/mol. The Hall–Kier alpha value is -1.03. The molecule has 1 saturated heterocycles. The Labute approximate surface area is 107 Å². The second-order valence-electron chi connectivity index (χ2n) is 4.67. The number of aryl methyl sites for hydroxylation is 1. The number of hydrogen-bond donors (Lipinski definition) is 1. The lowest BCUT2D eigenvalue weighted by Crippen LogP contribution is -2.38. The van der Waals surface area contributed by atoms with Gasteiger partial charge in [0.2, 0.25) is 0 Å². The van der Waals surface area contributed by atoms with E-state index in [0.29, 0.717) is 0 Å². The highest BCUT2D eigenvalue weighted by Crippen LogP contribution is 2.15. The average Bonchev–Trinajstić information content (AvgIpc) is 2.58. The van der Waals surface area contributed by atoms with Crippen LogP contribution < -0.4 is 5.73 Å². The lowest BCUT2D eigenvalue weighted by atomic mass is 10.2. The number of hydrogen-bond acceptors (Lipinski definition) is 2. The fourth-order valence-corrected chi connectivity index (χ4v) is 2.93. The minimum atomic E-state index is 0.720. The van der Waals surface area contributed by atoms with Crippen molar-refractivity contribution in [3.63, 3.8) is 0 Å². The molecule has 0 spiro atoms.